The smallest absolute Gasteiger partial charge is 0.358 e. The lowest BCUT2D eigenvalue weighted by Crippen LogP contribution is -2.46. The quantitative estimate of drug-likeness (QED) is 0.873. The van der Waals surface area contributed by atoms with Crippen LogP contribution in [0.4, 0.5) is 0 Å². The van der Waals surface area contributed by atoms with E-state index >= 15 is 0 Å². The van der Waals surface area contributed by atoms with Gasteiger partial charge < -0.3 is 10.4 Å². The summed E-state index contributed by atoms with van der Waals surface area (Å²) in [7, 11) is 0. The minimum absolute atomic E-state index is 0.00313. The number of nitrogens with zero attached hydrogens (tertiary/aromatic N) is 3. The van der Waals surface area contributed by atoms with Crippen LogP contribution in [0.15, 0.2) is 6.20 Å². The van der Waals surface area contributed by atoms with E-state index in [4.69, 9.17) is 5.11 Å². The van der Waals surface area contributed by atoms with E-state index in [0.717, 1.165) is 44.9 Å². The Bertz CT molecular complexity index is 538. The predicted molar refractivity (Wildman–Crippen MR) is 73.8 cm³/mol. The molecule has 1 heterocycles. The highest BCUT2D eigenvalue weighted by atomic mass is 16.4. The third kappa shape index (κ3) is 2.91. The summed E-state index contributed by atoms with van der Waals surface area (Å²) in [5.41, 5.74) is -0.0513. The van der Waals surface area contributed by atoms with Crippen molar-refractivity contribution in [1.82, 2.24) is 20.3 Å². The molecule has 114 valence electrons. The monoisotopic (exact) mass is 292 g/mol. The molecule has 2 aliphatic carbocycles. The molecule has 1 amide bonds. The second-order valence-corrected chi connectivity index (χ2v) is 5.98. The Morgan fingerprint density at radius 3 is 2.57 bits per heavy atom. The standard InChI is InChI=1S/C14H20N4O3/c19-13(9-4-3-5-9)15-10-6-1-2-7-12(10)18-8-11(14(20)21)16-17-18/h8-10,12H,1-7H2,(H,15,19)(H,20,21)/t10-,12+/m0/s1. The molecule has 0 saturated heterocycles. The summed E-state index contributed by atoms with van der Waals surface area (Å²) in [4.78, 5) is 23.0. The van der Waals surface area contributed by atoms with Crippen LogP contribution >= 0.6 is 0 Å². The number of hydrogen-bond acceptors (Lipinski definition) is 4. The van der Waals surface area contributed by atoms with E-state index in [2.05, 4.69) is 15.6 Å². The summed E-state index contributed by atoms with van der Waals surface area (Å²) in [6, 6.07) is 0.0265. The molecule has 2 atom stereocenters. The van der Waals surface area contributed by atoms with E-state index in [1.165, 1.54) is 6.20 Å². The number of carboxylic acids is 1. The first-order chi connectivity index (χ1) is 10.1. The second kappa shape index (κ2) is 5.83. The molecule has 1 aromatic rings. The molecule has 2 N–H and O–H groups in total. The molecule has 0 spiro atoms. The number of carboxylic acid groups (broad SMARTS) is 1. The highest BCUT2D eigenvalue weighted by Gasteiger charge is 2.32. The van der Waals surface area contributed by atoms with Gasteiger partial charge in [-0.25, -0.2) is 9.48 Å². The topological polar surface area (TPSA) is 97.1 Å². The van der Waals surface area contributed by atoms with Crippen molar-refractivity contribution in [3.8, 4) is 0 Å². The number of carbonyl (C=O) groups is 2. The fourth-order valence-electron chi connectivity index (χ4n) is 3.10. The lowest BCUT2D eigenvalue weighted by atomic mass is 9.83. The number of aromatic carboxylic acids is 1. The van der Waals surface area contributed by atoms with Crippen LogP contribution in [0.1, 0.15) is 61.5 Å². The highest BCUT2D eigenvalue weighted by Crippen LogP contribution is 2.31. The molecular formula is C14H20N4O3. The van der Waals surface area contributed by atoms with Crippen molar-refractivity contribution in [2.75, 3.05) is 0 Å². The molecule has 0 aliphatic heterocycles. The van der Waals surface area contributed by atoms with Gasteiger partial charge in [0.05, 0.1) is 18.3 Å². The third-order valence-electron chi connectivity index (χ3n) is 4.60. The molecule has 3 rings (SSSR count). The van der Waals surface area contributed by atoms with Crippen LogP contribution in [-0.2, 0) is 4.79 Å². The summed E-state index contributed by atoms with van der Waals surface area (Å²) in [6.07, 6.45) is 8.49. The Morgan fingerprint density at radius 1 is 1.19 bits per heavy atom. The van der Waals surface area contributed by atoms with Crippen molar-refractivity contribution in [2.24, 2.45) is 5.92 Å². The van der Waals surface area contributed by atoms with Crippen molar-refractivity contribution < 1.29 is 14.7 Å². The molecule has 7 nitrogen and oxygen atoms in total. The minimum Gasteiger partial charge on any atom is -0.476 e. The zero-order valence-corrected chi connectivity index (χ0v) is 11.9. The Hall–Kier alpha value is -1.92. The lowest BCUT2D eigenvalue weighted by Gasteiger charge is -2.34. The third-order valence-corrected chi connectivity index (χ3v) is 4.60. The van der Waals surface area contributed by atoms with E-state index in [9.17, 15) is 9.59 Å². The van der Waals surface area contributed by atoms with Gasteiger partial charge in [0.2, 0.25) is 5.91 Å². The van der Waals surface area contributed by atoms with Gasteiger partial charge in [-0.1, -0.05) is 24.5 Å². The molecule has 2 aliphatic rings. The molecular weight excluding hydrogens is 272 g/mol. The van der Waals surface area contributed by atoms with Gasteiger partial charge in [-0.05, 0) is 25.7 Å². The lowest BCUT2D eigenvalue weighted by molar-refractivity contribution is -0.128. The molecule has 0 radical (unpaired) electrons. The molecule has 21 heavy (non-hydrogen) atoms. The van der Waals surface area contributed by atoms with Crippen LogP contribution in [-0.4, -0.2) is 38.0 Å². The van der Waals surface area contributed by atoms with Crippen LogP contribution in [0, 0.1) is 5.92 Å². The van der Waals surface area contributed by atoms with Crippen molar-refractivity contribution >= 4 is 11.9 Å². The molecule has 1 aromatic heterocycles. The van der Waals surface area contributed by atoms with Crippen molar-refractivity contribution in [1.29, 1.82) is 0 Å². The number of hydrogen-bond donors (Lipinski definition) is 2. The van der Waals surface area contributed by atoms with Crippen LogP contribution in [0.25, 0.3) is 0 Å². The van der Waals surface area contributed by atoms with Crippen LogP contribution in [0.5, 0.6) is 0 Å². The van der Waals surface area contributed by atoms with Crippen molar-refractivity contribution in [3.63, 3.8) is 0 Å². The van der Waals surface area contributed by atoms with Gasteiger partial charge in [-0.15, -0.1) is 5.10 Å². The zero-order valence-electron chi connectivity index (χ0n) is 11.9. The Labute approximate surface area is 122 Å². The molecule has 0 bridgehead atoms. The number of rotatable bonds is 4. The van der Waals surface area contributed by atoms with E-state index in [1.807, 2.05) is 0 Å². The first-order valence-corrected chi connectivity index (χ1v) is 7.60. The van der Waals surface area contributed by atoms with Gasteiger partial charge in [0.25, 0.3) is 0 Å². The van der Waals surface area contributed by atoms with E-state index < -0.39 is 5.97 Å². The Balaban J connectivity index is 1.70. The first kappa shape index (κ1) is 14.0. The van der Waals surface area contributed by atoms with Gasteiger partial charge >= 0.3 is 5.97 Å². The Morgan fingerprint density at radius 2 is 1.95 bits per heavy atom. The van der Waals surface area contributed by atoms with Gasteiger partial charge in [0.1, 0.15) is 0 Å². The number of aromatic nitrogens is 3. The largest absolute Gasteiger partial charge is 0.476 e. The average Bonchev–Trinajstić information content (AvgIpc) is 2.86. The van der Waals surface area contributed by atoms with Crippen LogP contribution in [0.3, 0.4) is 0 Å². The number of carbonyl (C=O) groups excluding carboxylic acids is 1. The van der Waals surface area contributed by atoms with Crippen molar-refractivity contribution in [2.45, 2.75) is 57.0 Å². The molecule has 0 aromatic carbocycles. The predicted octanol–water partition coefficient (Wildman–Crippen LogP) is 1.38. The fraction of sp³-hybridized carbons (Fsp3) is 0.714. The molecule has 2 fully saturated rings. The van der Waals surface area contributed by atoms with Crippen LogP contribution < -0.4 is 5.32 Å². The normalized spacial score (nSPS) is 26.1. The molecule has 7 heteroatoms. The summed E-state index contributed by atoms with van der Waals surface area (Å²) < 4.78 is 1.61. The molecule has 0 unspecified atom stereocenters. The summed E-state index contributed by atoms with van der Waals surface area (Å²) in [5, 5.41) is 19.7. The van der Waals surface area contributed by atoms with Gasteiger partial charge in [0, 0.05) is 5.92 Å². The van der Waals surface area contributed by atoms with E-state index in [0.29, 0.717) is 0 Å². The fourth-order valence-corrected chi connectivity index (χ4v) is 3.10. The molecule has 2 saturated carbocycles. The summed E-state index contributed by atoms with van der Waals surface area (Å²) >= 11 is 0. The maximum atomic E-state index is 12.1. The summed E-state index contributed by atoms with van der Waals surface area (Å²) in [6.45, 7) is 0. The van der Waals surface area contributed by atoms with Crippen molar-refractivity contribution in [3.05, 3.63) is 11.9 Å². The van der Waals surface area contributed by atoms with E-state index in [1.54, 1.807) is 4.68 Å². The number of nitrogens with one attached hydrogen (secondary N) is 1. The van der Waals surface area contributed by atoms with Gasteiger partial charge in [0.15, 0.2) is 5.69 Å². The first-order valence-electron chi connectivity index (χ1n) is 7.60. The highest BCUT2D eigenvalue weighted by molar-refractivity contribution is 5.84. The van der Waals surface area contributed by atoms with Gasteiger partial charge in [-0.3, -0.25) is 4.79 Å². The summed E-state index contributed by atoms with van der Waals surface area (Å²) in [5.74, 6) is -0.776. The van der Waals surface area contributed by atoms with E-state index in [-0.39, 0.29) is 29.6 Å². The maximum absolute atomic E-state index is 12.1. The van der Waals surface area contributed by atoms with Gasteiger partial charge in [-0.2, -0.15) is 0 Å². The van der Waals surface area contributed by atoms with Crippen LogP contribution in [0.2, 0.25) is 0 Å². The number of amides is 1. The SMILES string of the molecule is O=C(O)c1cn([C@@H]2CCCC[C@@H]2NC(=O)C2CCC2)nn1. The average molecular weight is 292 g/mol. The maximum Gasteiger partial charge on any atom is 0.358 e. The zero-order chi connectivity index (χ0) is 14.8. The minimum atomic E-state index is -1.08. The Kier molecular flexibility index (Phi) is 3.90. The second-order valence-electron chi connectivity index (χ2n) is 5.98.